The highest BCUT2D eigenvalue weighted by Crippen LogP contribution is 2.25. The summed E-state index contributed by atoms with van der Waals surface area (Å²) in [6.45, 7) is 5.15. The molecule has 0 unspecified atom stereocenters. The first-order valence-corrected chi connectivity index (χ1v) is 6.31. The van der Waals surface area contributed by atoms with Crippen LogP contribution in [0.2, 0.25) is 0 Å². The highest BCUT2D eigenvalue weighted by molar-refractivity contribution is 9.10. The lowest BCUT2D eigenvalue weighted by Gasteiger charge is -2.21. The number of halogens is 1. The van der Waals surface area contributed by atoms with E-state index in [2.05, 4.69) is 21.2 Å². The van der Waals surface area contributed by atoms with Crippen LogP contribution in [0.5, 0.6) is 0 Å². The SMILES string of the molecule is Cc1cc(NC(=O)C(C)(C)CC(=O)O)ccc1Br. The Hall–Kier alpha value is -1.36. The highest BCUT2D eigenvalue weighted by atomic mass is 79.9. The first kappa shape index (κ1) is 14.7. The molecule has 0 spiro atoms. The average Bonchev–Trinajstić information content (AvgIpc) is 2.21. The number of hydrogen-bond acceptors (Lipinski definition) is 2. The molecule has 0 fully saturated rings. The van der Waals surface area contributed by atoms with Gasteiger partial charge >= 0.3 is 5.97 Å². The molecule has 4 nitrogen and oxygen atoms in total. The first-order chi connectivity index (χ1) is 8.22. The smallest absolute Gasteiger partial charge is 0.304 e. The van der Waals surface area contributed by atoms with Crippen molar-refractivity contribution >= 4 is 33.5 Å². The van der Waals surface area contributed by atoms with Crippen molar-refractivity contribution in [1.29, 1.82) is 0 Å². The minimum atomic E-state index is -0.984. The summed E-state index contributed by atoms with van der Waals surface area (Å²) in [5.41, 5.74) is 0.732. The molecular weight excluding hydrogens is 298 g/mol. The molecule has 0 bridgehead atoms. The van der Waals surface area contributed by atoms with Crippen LogP contribution >= 0.6 is 15.9 Å². The number of carboxylic acid groups (broad SMARTS) is 1. The molecule has 0 aromatic heterocycles. The van der Waals surface area contributed by atoms with Gasteiger partial charge in [0, 0.05) is 10.2 Å². The third kappa shape index (κ3) is 3.84. The molecule has 1 aromatic carbocycles. The van der Waals surface area contributed by atoms with Gasteiger partial charge in [-0.1, -0.05) is 29.8 Å². The fraction of sp³-hybridized carbons (Fsp3) is 0.385. The van der Waals surface area contributed by atoms with Gasteiger partial charge in [0.2, 0.25) is 5.91 Å². The quantitative estimate of drug-likeness (QED) is 0.897. The van der Waals surface area contributed by atoms with Crippen LogP contribution in [0.1, 0.15) is 25.8 Å². The maximum atomic E-state index is 12.0. The molecule has 1 aromatic rings. The average molecular weight is 314 g/mol. The Morgan fingerprint density at radius 2 is 2.00 bits per heavy atom. The molecule has 0 aliphatic rings. The molecular formula is C13H16BrNO3. The van der Waals surface area contributed by atoms with Gasteiger partial charge in [0.25, 0.3) is 0 Å². The van der Waals surface area contributed by atoms with Crippen molar-refractivity contribution in [2.24, 2.45) is 5.41 Å². The van der Waals surface area contributed by atoms with Crippen LogP contribution in [0.15, 0.2) is 22.7 Å². The number of amides is 1. The van der Waals surface area contributed by atoms with Crippen molar-refractivity contribution in [3.8, 4) is 0 Å². The van der Waals surface area contributed by atoms with Crippen molar-refractivity contribution in [2.75, 3.05) is 5.32 Å². The maximum absolute atomic E-state index is 12.0. The Morgan fingerprint density at radius 1 is 1.39 bits per heavy atom. The Kier molecular flexibility index (Phi) is 4.51. The normalized spacial score (nSPS) is 11.1. The van der Waals surface area contributed by atoms with Crippen molar-refractivity contribution in [1.82, 2.24) is 0 Å². The van der Waals surface area contributed by atoms with Gasteiger partial charge in [0.05, 0.1) is 11.8 Å². The van der Waals surface area contributed by atoms with Crippen LogP contribution in [0, 0.1) is 12.3 Å². The molecule has 0 saturated heterocycles. The molecule has 2 N–H and O–H groups in total. The number of aliphatic carboxylic acids is 1. The van der Waals surface area contributed by atoms with Crippen LogP contribution < -0.4 is 5.32 Å². The predicted octanol–water partition coefficient (Wildman–Crippen LogP) is 3.20. The van der Waals surface area contributed by atoms with E-state index in [1.165, 1.54) is 0 Å². The summed E-state index contributed by atoms with van der Waals surface area (Å²) in [4.78, 5) is 22.7. The Bertz CT molecular complexity index is 483. The van der Waals surface area contributed by atoms with E-state index in [1.807, 2.05) is 19.1 Å². The number of nitrogens with one attached hydrogen (secondary N) is 1. The van der Waals surface area contributed by atoms with Gasteiger partial charge in [-0.05, 0) is 30.7 Å². The zero-order valence-corrected chi connectivity index (χ0v) is 12.2. The maximum Gasteiger partial charge on any atom is 0.304 e. The fourth-order valence-electron chi connectivity index (χ4n) is 1.48. The monoisotopic (exact) mass is 313 g/mol. The number of benzene rings is 1. The molecule has 98 valence electrons. The van der Waals surface area contributed by atoms with Crippen LogP contribution in [0.4, 0.5) is 5.69 Å². The van der Waals surface area contributed by atoms with E-state index >= 15 is 0 Å². The van der Waals surface area contributed by atoms with Gasteiger partial charge in [-0.25, -0.2) is 0 Å². The number of aryl methyl sites for hydroxylation is 1. The minimum Gasteiger partial charge on any atom is -0.481 e. The molecule has 0 aliphatic heterocycles. The lowest BCUT2D eigenvalue weighted by Crippen LogP contribution is -2.32. The molecule has 0 radical (unpaired) electrons. The Morgan fingerprint density at radius 3 is 2.50 bits per heavy atom. The molecule has 0 atom stereocenters. The molecule has 0 heterocycles. The lowest BCUT2D eigenvalue weighted by molar-refractivity contribution is -0.142. The topological polar surface area (TPSA) is 66.4 Å². The zero-order valence-electron chi connectivity index (χ0n) is 10.6. The number of carboxylic acids is 1. The van der Waals surface area contributed by atoms with Gasteiger partial charge < -0.3 is 10.4 Å². The minimum absolute atomic E-state index is 0.200. The molecule has 1 amide bonds. The third-order valence-electron chi connectivity index (χ3n) is 2.62. The van der Waals surface area contributed by atoms with E-state index in [9.17, 15) is 9.59 Å². The second kappa shape index (κ2) is 5.52. The molecule has 1 rings (SSSR count). The van der Waals surface area contributed by atoms with Crippen LogP contribution in [0.3, 0.4) is 0 Å². The lowest BCUT2D eigenvalue weighted by atomic mass is 9.88. The Labute approximate surface area is 115 Å². The van der Waals surface area contributed by atoms with E-state index < -0.39 is 11.4 Å². The van der Waals surface area contributed by atoms with Gasteiger partial charge in [-0.2, -0.15) is 0 Å². The highest BCUT2D eigenvalue weighted by Gasteiger charge is 2.30. The Balaban J connectivity index is 2.81. The van der Waals surface area contributed by atoms with Gasteiger partial charge in [-0.3, -0.25) is 9.59 Å². The van der Waals surface area contributed by atoms with Gasteiger partial charge in [-0.15, -0.1) is 0 Å². The van der Waals surface area contributed by atoms with Crippen molar-refractivity contribution in [3.63, 3.8) is 0 Å². The van der Waals surface area contributed by atoms with Crippen LogP contribution in [-0.2, 0) is 9.59 Å². The van der Waals surface area contributed by atoms with Gasteiger partial charge in [0.15, 0.2) is 0 Å². The van der Waals surface area contributed by atoms with E-state index in [0.29, 0.717) is 5.69 Å². The summed E-state index contributed by atoms with van der Waals surface area (Å²) >= 11 is 3.38. The van der Waals surface area contributed by atoms with Crippen LogP contribution in [-0.4, -0.2) is 17.0 Å². The fourth-order valence-corrected chi connectivity index (χ4v) is 1.73. The third-order valence-corrected chi connectivity index (χ3v) is 3.51. The van der Waals surface area contributed by atoms with Crippen molar-refractivity contribution < 1.29 is 14.7 Å². The molecule has 5 heteroatoms. The predicted molar refractivity (Wildman–Crippen MR) is 73.5 cm³/mol. The first-order valence-electron chi connectivity index (χ1n) is 5.52. The summed E-state index contributed by atoms with van der Waals surface area (Å²) in [5.74, 6) is -1.28. The van der Waals surface area contributed by atoms with Crippen molar-refractivity contribution in [3.05, 3.63) is 28.2 Å². The second-order valence-corrected chi connectivity index (χ2v) is 5.73. The summed E-state index contributed by atoms with van der Waals surface area (Å²) < 4.78 is 0.963. The number of hydrogen-bond donors (Lipinski definition) is 2. The van der Waals surface area contributed by atoms with Gasteiger partial charge in [0.1, 0.15) is 0 Å². The van der Waals surface area contributed by atoms with E-state index in [-0.39, 0.29) is 12.3 Å². The summed E-state index contributed by atoms with van der Waals surface area (Å²) in [6.07, 6.45) is -0.200. The number of anilines is 1. The summed E-state index contributed by atoms with van der Waals surface area (Å²) in [7, 11) is 0. The molecule has 18 heavy (non-hydrogen) atoms. The van der Waals surface area contributed by atoms with Crippen molar-refractivity contribution in [2.45, 2.75) is 27.2 Å². The summed E-state index contributed by atoms with van der Waals surface area (Å²) in [6, 6.07) is 5.44. The largest absolute Gasteiger partial charge is 0.481 e. The van der Waals surface area contributed by atoms with E-state index in [1.54, 1.807) is 19.9 Å². The van der Waals surface area contributed by atoms with E-state index in [0.717, 1.165) is 10.0 Å². The molecule has 0 aliphatic carbocycles. The zero-order chi connectivity index (χ0) is 13.9. The molecule has 0 saturated carbocycles. The number of rotatable bonds is 4. The standard InChI is InChI=1S/C13H16BrNO3/c1-8-6-9(4-5-10(8)14)15-12(18)13(2,3)7-11(16)17/h4-6H,7H2,1-3H3,(H,15,18)(H,16,17). The van der Waals surface area contributed by atoms with E-state index in [4.69, 9.17) is 5.11 Å². The second-order valence-electron chi connectivity index (χ2n) is 4.87. The number of carbonyl (C=O) groups excluding carboxylic acids is 1. The summed E-state index contributed by atoms with van der Waals surface area (Å²) in [5, 5.41) is 11.5. The number of carbonyl (C=O) groups is 2. The van der Waals surface area contributed by atoms with Crippen LogP contribution in [0.25, 0.3) is 0 Å².